The van der Waals surface area contributed by atoms with Gasteiger partial charge in [0.05, 0.1) is 18.0 Å². The van der Waals surface area contributed by atoms with Gasteiger partial charge in [0, 0.05) is 19.7 Å². The zero-order valence-corrected chi connectivity index (χ0v) is 8.74. The predicted octanol–water partition coefficient (Wildman–Crippen LogP) is 1.73. The molecule has 0 radical (unpaired) electrons. The summed E-state index contributed by atoms with van der Waals surface area (Å²) in [5.41, 5.74) is 3.01. The molecule has 0 fully saturated rings. The van der Waals surface area contributed by atoms with E-state index in [0.717, 1.165) is 23.6 Å². The van der Waals surface area contributed by atoms with E-state index in [1.165, 1.54) is 0 Å². The molecule has 1 aromatic carbocycles. The first-order valence-corrected chi connectivity index (χ1v) is 4.67. The lowest BCUT2D eigenvalue weighted by molar-refractivity contribution is 0.101. The van der Waals surface area contributed by atoms with Gasteiger partial charge in [-0.3, -0.25) is 4.79 Å². The SMILES string of the molecule is CC(=O)c1cccc2c1N(C)CN2C. The number of hydrogen-bond acceptors (Lipinski definition) is 3. The summed E-state index contributed by atoms with van der Waals surface area (Å²) in [5, 5.41) is 0. The van der Waals surface area contributed by atoms with Crippen LogP contribution >= 0.6 is 0 Å². The van der Waals surface area contributed by atoms with Gasteiger partial charge in [0.25, 0.3) is 0 Å². The standard InChI is InChI=1S/C11H14N2O/c1-8(14)9-5-4-6-10-11(9)13(3)7-12(10)2/h4-6H,7H2,1-3H3. The van der Waals surface area contributed by atoms with Crippen LogP contribution in [-0.2, 0) is 0 Å². The molecule has 1 aliphatic heterocycles. The van der Waals surface area contributed by atoms with Crippen LogP contribution in [0.4, 0.5) is 11.4 Å². The minimum absolute atomic E-state index is 0.129. The smallest absolute Gasteiger partial charge is 0.161 e. The summed E-state index contributed by atoms with van der Waals surface area (Å²) in [4.78, 5) is 15.7. The molecule has 0 saturated carbocycles. The second kappa shape index (κ2) is 3.01. The third-order valence-corrected chi connectivity index (χ3v) is 2.61. The molecule has 0 aromatic heterocycles. The van der Waals surface area contributed by atoms with E-state index in [1.807, 2.05) is 32.3 Å². The first kappa shape index (κ1) is 9.06. The van der Waals surface area contributed by atoms with Crippen molar-refractivity contribution in [1.82, 2.24) is 0 Å². The average Bonchev–Trinajstić information content (AvgIpc) is 2.43. The molecule has 3 nitrogen and oxygen atoms in total. The fourth-order valence-electron chi connectivity index (χ4n) is 1.99. The summed E-state index contributed by atoms with van der Waals surface area (Å²) >= 11 is 0. The minimum Gasteiger partial charge on any atom is -0.355 e. The molecule has 0 N–H and O–H groups in total. The predicted molar refractivity (Wildman–Crippen MR) is 58.1 cm³/mol. The topological polar surface area (TPSA) is 23.6 Å². The molecule has 14 heavy (non-hydrogen) atoms. The lowest BCUT2D eigenvalue weighted by Crippen LogP contribution is -2.24. The second-order valence-electron chi connectivity index (χ2n) is 3.77. The molecule has 0 atom stereocenters. The lowest BCUT2D eigenvalue weighted by Gasteiger charge is -2.13. The van der Waals surface area contributed by atoms with E-state index in [4.69, 9.17) is 0 Å². The van der Waals surface area contributed by atoms with Gasteiger partial charge in [-0.1, -0.05) is 6.07 Å². The highest BCUT2D eigenvalue weighted by Crippen LogP contribution is 2.36. The molecule has 1 heterocycles. The highest BCUT2D eigenvalue weighted by molar-refractivity contribution is 6.03. The quantitative estimate of drug-likeness (QED) is 0.630. The van der Waals surface area contributed by atoms with Crippen LogP contribution < -0.4 is 9.80 Å². The highest BCUT2D eigenvalue weighted by Gasteiger charge is 2.24. The summed E-state index contributed by atoms with van der Waals surface area (Å²) in [6, 6.07) is 5.87. The normalized spacial score (nSPS) is 14.5. The van der Waals surface area contributed by atoms with Crippen molar-refractivity contribution in [3.8, 4) is 0 Å². The maximum atomic E-state index is 11.4. The molecule has 1 aliphatic rings. The van der Waals surface area contributed by atoms with Crippen molar-refractivity contribution in [2.24, 2.45) is 0 Å². The largest absolute Gasteiger partial charge is 0.355 e. The number of fused-ring (bicyclic) bond motifs is 1. The van der Waals surface area contributed by atoms with Gasteiger partial charge >= 0.3 is 0 Å². The Labute approximate surface area is 83.9 Å². The fraction of sp³-hybridized carbons (Fsp3) is 0.364. The third kappa shape index (κ3) is 1.16. The van der Waals surface area contributed by atoms with Crippen LogP contribution in [0.25, 0.3) is 0 Å². The van der Waals surface area contributed by atoms with Gasteiger partial charge in [0.15, 0.2) is 5.78 Å². The van der Waals surface area contributed by atoms with Gasteiger partial charge in [-0.15, -0.1) is 0 Å². The number of nitrogens with zero attached hydrogens (tertiary/aromatic N) is 2. The summed E-state index contributed by atoms with van der Waals surface area (Å²) in [5.74, 6) is 0.129. The fourth-order valence-corrected chi connectivity index (χ4v) is 1.99. The number of para-hydroxylation sites is 1. The Morgan fingerprint density at radius 2 is 2.00 bits per heavy atom. The van der Waals surface area contributed by atoms with Crippen molar-refractivity contribution in [2.75, 3.05) is 30.6 Å². The molecule has 0 saturated heterocycles. The number of ketones is 1. The molecule has 0 spiro atoms. The highest BCUT2D eigenvalue weighted by atomic mass is 16.1. The van der Waals surface area contributed by atoms with Crippen LogP contribution in [0.2, 0.25) is 0 Å². The average molecular weight is 190 g/mol. The number of hydrogen-bond donors (Lipinski definition) is 0. The molecule has 2 rings (SSSR count). The zero-order valence-electron chi connectivity index (χ0n) is 8.74. The Kier molecular flexibility index (Phi) is 1.95. The number of benzene rings is 1. The van der Waals surface area contributed by atoms with Gasteiger partial charge in [0.2, 0.25) is 0 Å². The number of rotatable bonds is 1. The maximum absolute atomic E-state index is 11.4. The second-order valence-corrected chi connectivity index (χ2v) is 3.77. The summed E-state index contributed by atoms with van der Waals surface area (Å²) in [6.45, 7) is 2.46. The van der Waals surface area contributed by atoms with Gasteiger partial charge in [0.1, 0.15) is 0 Å². The van der Waals surface area contributed by atoms with E-state index < -0.39 is 0 Å². The monoisotopic (exact) mass is 190 g/mol. The van der Waals surface area contributed by atoms with E-state index in [-0.39, 0.29) is 5.78 Å². The maximum Gasteiger partial charge on any atom is 0.161 e. The minimum atomic E-state index is 0.129. The molecule has 0 unspecified atom stereocenters. The Hall–Kier alpha value is -1.51. The van der Waals surface area contributed by atoms with Crippen LogP contribution in [0.15, 0.2) is 18.2 Å². The number of anilines is 2. The Balaban J connectivity index is 2.62. The van der Waals surface area contributed by atoms with Gasteiger partial charge in [-0.2, -0.15) is 0 Å². The molecule has 3 heteroatoms. The van der Waals surface area contributed by atoms with E-state index in [1.54, 1.807) is 6.92 Å². The van der Waals surface area contributed by atoms with Crippen LogP contribution in [-0.4, -0.2) is 26.5 Å². The van der Waals surface area contributed by atoms with Gasteiger partial charge in [-0.25, -0.2) is 0 Å². The van der Waals surface area contributed by atoms with Gasteiger partial charge < -0.3 is 9.80 Å². The summed E-state index contributed by atoms with van der Waals surface area (Å²) < 4.78 is 0. The van der Waals surface area contributed by atoms with Crippen molar-refractivity contribution >= 4 is 17.2 Å². The number of carbonyl (C=O) groups is 1. The third-order valence-electron chi connectivity index (χ3n) is 2.61. The Morgan fingerprint density at radius 3 is 2.64 bits per heavy atom. The van der Waals surface area contributed by atoms with Crippen molar-refractivity contribution in [3.63, 3.8) is 0 Å². The molecule has 0 aliphatic carbocycles. The van der Waals surface area contributed by atoms with Crippen molar-refractivity contribution < 1.29 is 4.79 Å². The molecular formula is C11H14N2O. The van der Waals surface area contributed by atoms with Crippen LogP contribution in [0.3, 0.4) is 0 Å². The van der Waals surface area contributed by atoms with Crippen LogP contribution in [0.1, 0.15) is 17.3 Å². The molecule has 0 bridgehead atoms. The van der Waals surface area contributed by atoms with Crippen molar-refractivity contribution in [3.05, 3.63) is 23.8 Å². The van der Waals surface area contributed by atoms with E-state index in [0.29, 0.717) is 0 Å². The molecule has 1 aromatic rings. The summed E-state index contributed by atoms with van der Waals surface area (Å²) in [7, 11) is 4.04. The van der Waals surface area contributed by atoms with Gasteiger partial charge in [-0.05, 0) is 19.1 Å². The zero-order chi connectivity index (χ0) is 10.3. The first-order chi connectivity index (χ1) is 6.61. The van der Waals surface area contributed by atoms with Crippen molar-refractivity contribution in [2.45, 2.75) is 6.92 Å². The molecule has 74 valence electrons. The number of carbonyl (C=O) groups excluding carboxylic acids is 1. The van der Waals surface area contributed by atoms with Crippen LogP contribution in [0.5, 0.6) is 0 Å². The molecule has 0 amide bonds. The van der Waals surface area contributed by atoms with Crippen molar-refractivity contribution in [1.29, 1.82) is 0 Å². The van der Waals surface area contributed by atoms with Crippen LogP contribution in [0, 0.1) is 0 Å². The number of Topliss-reactive ketones (excluding diaryl/α,β-unsaturated/α-hetero) is 1. The Bertz CT molecular complexity index is 387. The Morgan fingerprint density at radius 1 is 1.29 bits per heavy atom. The first-order valence-electron chi connectivity index (χ1n) is 4.67. The van der Waals surface area contributed by atoms with E-state index in [9.17, 15) is 4.79 Å². The van der Waals surface area contributed by atoms with E-state index in [2.05, 4.69) is 9.80 Å². The molecular weight excluding hydrogens is 176 g/mol. The summed E-state index contributed by atoms with van der Waals surface area (Å²) in [6.07, 6.45) is 0. The van der Waals surface area contributed by atoms with E-state index >= 15 is 0 Å². The lowest BCUT2D eigenvalue weighted by atomic mass is 10.1.